The van der Waals surface area contributed by atoms with Gasteiger partial charge in [-0.25, -0.2) is 15.0 Å². The molecule has 0 aliphatic rings. The average Bonchev–Trinajstić information content (AvgIpc) is 2.68. The molecule has 0 aliphatic carbocycles. The van der Waals surface area contributed by atoms with Crippen LogP contribution in [0.1, 0.15) is 0 Å². The highest BCUT2D eigenvalue weighted by atomic mass is 16.5. The van der Waals surface area contributed by atoms with E-state index in [-0.39, 0.29) is 5.56 Å². The molecule has 0 unspecified atom stereocenters. The Bertz CT molecular complexity index is 1140. The predicted molar refractivity (Wildman–Crippen MR) is 99.3 cm³/mol. The highest BCUT2D eigenvalue weighted by Gasteiger charge is 2.11. The lowest BCUT2D eigenvalue weighted by Gasteiger charge is -2.10. The fourth-order valence-electron chi connectivity index (χ4n) is 2.66. The van der Waals surface area contributed by atoms with Crippen molar-refractivity contribution in [2.45, 2.75) is 0 Å². The Hall–Kier alpha value is -3.74. The molecule has 26 heavy (non-hydrogen) atoms. The van der Waals surface area contributed by atoms with Gasteiger partial charge in [0.15, 0.2) is 11.5 Å². The highest BCUT2D eigenvalue weighted by Crippen LogP contribution is 2.21. The number of hydrogen-bond donors (Lipinski definition) is 1. The second-order valence-corrected chi connectivity index (χ2v) is 5.65. The molecule has 4 aromatic rings. The van der Waals surface area contributed by atoms with Crippen LogP contribution in [0.4, 0.5) is 5.69 Å². The van der Waals surface area contributed by atoms with Crippen LogP contribution in [0.25, 0.3) is 28.2 Å². The number of nitrogens with two attached hydrogens (primary N) is 1. The summed E-state index contributed by atoms with van der Waals surface area (Å²) in [5.74, 6) is 1.24. The number of nitrogen functional groups attached to an aromatic ring is 1. The van der Waals surface area contributed by atoms with Crippen LogP contribution >= 0.6 is 0 Å². The van der Waals surface area contributed by atoms with Crippen molar-refractivity contribution in [3.63, 3.8) is 0 Å². The number of methoxy groups -OCH3 is 1. The lowest BCUT2D eigenvalue weighted by molar-refractivity contribution is 0.415. The van der Waals surface area contributed by atoms with Gasteiger partial charge < -0.3 is 10.5 Å². The summed E-state index contributed by atoms with van der Waals surface area (Å²) in [6, 6.07) is 14.4. The standard InChI is InChI=1S/C19H15N5O2/c1-26-15-8-2-12(3-9-15)18-22-10-16-19(23-18)24(17(25)11-21-16)14-6-4-13(20)5-7-14/h2-11H,20H2,1H3. The minimum Gasteiger partial charge on any atom is -0.497 e. The Morgan fingerprint density at radius 3 is 2.38 bits per heavy atom. The van der Waals surface area contributed by atoms with Gasteiger partial charge in [-0.3, -0.25) is 9.36 Å². The van der Waals surface area contributed by atoms with Gasteiger partial charge in [-0.2, -0.15) is 0 Å². The molecule has 0 saturated heterocycles. The first-order chi connectivity index (χ1) is 12.7. The van der Waals surface area contributed by atoms with E-state index in [9.17, 15) is 4.79 Å². The van der Waals surface area contributed by atoms with Gasteiger partial charge >= 0.3 is 0 Å². The number of ether oxygens (including phenoxy) is 1. The van der Waals surface area contributed by atoms with E-state index in [1.165, 1.54) is 10.8 Å². The third-order valence-electron chi connectivity index (χ3n) is 4.00. The molecule has 7 nitrogen and oxygen atoms in total. The van der Waals surface area contributed by atoms with Gasteiger partial charge in [0, 0.05) is 11.3 Å². The molecule has 0 amide bonds. The summed E-state index contributed by atoms with van der Waals surface area (Å²) in [5, 5.41) is 0. The van der Waals surface area contributed by atoms with E-state index in [4.69, 9.17) is 10.5 Å². The number of fused-ring (bicyclic) bond motifs is 1. The first kappa shape index (κ1) is 15.8. The molecule has 4 rings (SSSR count). The van der Waals surface area contributed by atoms with Gasteiger partial charge in [0.2, 0.25) is 0 Å². The third-order valence-corrected chi connectivity index (χ3v) is 4.00. The molecule has 0 atom stereocenters. The molecule has 2 heterocycles. The second-order valence-electron chi connectivity index (χ2n) is 5.65. The van der Waals surface area contributed by atoms with Gasteiger partial charge in [-0.05, 0) is 48.5 Å². The van der Waals surface area contributed by atoms with Gasteiger partial charge in [-0.1, -0.05) is 0 Å². The van der Waals surface area contributed by atoms with Crippen LogP contribution in [0, 0.1) is 0 Å². The summed E-state index contributed by atoms with van der Waals surface area (Å²) >= 11 is 0. The van der Waals surface area contributed by atoms with E-state index in [1.54, 1.807) is 37.6 Å². The van der Waals surface area contributed by atoms with Crippen LogP contribution in [0.2, 0.25) is 0 Å². The number of aromatic nitrogens is 4. The molecule has 2 N–H and O–H groups in total. The third kappa shape index (κ3) is 2.75. The summed E-state index contributed by atoms with van der Waals surface area (Å²) in [6.45, 7) is 0. The fraction of sp³-hybridized carbons (Fsp3) is 0.0526. The Morgan fingerprint density at radius 2 is 1.69 bits per heavy atom. The zero-order chi connectivity index (χ0) is 18.1. The van der Waals surface area contributed by atoms with Crippen LogP contribution in [0.15, 0.2) is 65.7 Å². The van der Waals surface area contributed by atoms with Crippen LogP contribution in [0.5, 0.6) is 5.75 Å². The lowest BCUT2D eigenvalue weighted by atomic mass is 10.2. The number of hydrogen-bond acceptors (Lipinski definition) is 6. The SMILES string of the molecule is COc1ccc(-c2ncc3ncc(=O)n(-c4ccc(N)cc4)c3n2)cc1. The smallest absolute Gasteiger partial charge is 0.275 e. The second kappa shape index (κ2) is 6.29. The number of rotatable bonds is 3. The van der Waals surface area contributed by atoms with E-state index in [0.717, 1.165) is 11.3 Å². The molecule has 0 fully saturated rings. The molecule has 2 aromatic heterocycles. The Balaban J connectivity index is 1.92. The predicted octanol–water partition coefficient (Wildman–Crippen LogP) is 2.43. The maximum absolute atomic E-state index is 12.4. The van der Waals surface area contributed by atoms with Crippen LogP contribution < -0.4 is 16.0 Å². The maximum atomic E-state index is 12.4. The fourth-order valence-corrected chi connectivity index (χ4v) is 2.66. The first-order valence-corrected chi connectivity index (χ1v) is 7.91. The van der Waals surface area contributed by atoms with E-state index >= 15 is 0 Å². The van der Waals surface area contributed by atoms with Crippen molar-refractivity contribution in [2.24, 2.45) is 0 Å². The van der Waals surface area contributed by atoms with Crippen molar-refractivity contribution >= 4 is 16.9 Å². The highest BCUT2D eigenvalue weighted by molar-refractivity contribution is 5.74. The average molecular weight is 345 g/mol. The summed E-state index contributed by atoms with van der Waals surface area (Å²) in [6.07, 6.45) is 2.87. The number of nitrogens with zero attached hydrogens (tertiary/aromatic N) is 4. The largest absolute Gasteiger partial charge is 0.497 e. The Morgan fingerprint density at radius 1 is 0.962 bits per heavy atom. The zero-order valence-corrected chi connectivity index (χ0v) is 14.0. The van der Waals surface area contributed by atoms with Crippen LogP contribution in [0.3, 0.4) is 0 Å². The Labute approximate surface area is 148 Å². The van der Waals surface area contributed by atoms with Gasteiger partial charge in [0.1, 0.15) is 11.3 Å². The van der Waals surface area contributed by atoms with Gasteiger partial charge in [0.05, 0.1) is 25.2 Å². The summed E-state index contributed by atoms with van der Waals surface area (Å²) in [7, 11) is 1.61. The topological polar surface area (TPSA) is 95.9 Å². The number of anilines is 1. The molecule has 0 aliphatic heterocycles. The molecule has 0 bridgehead atoms. The van der Waals surface area contributed by atoms with Crippen molar-refractivity contribution < 1.29 is 4.74 Å². The summed E-state index contributed by atoms with van der Waals surface area (Å²) < 4.78 is 6.67. The van der Waals surface area contributed by atoms with E-state index in [2.05, 4.69) is 15.0 Å². The minimum atomic E-state index is -0.276. The van der Waals surface area contributed by atoms with E-state index < -0.39 is 0 Å². The molecule has 0 saturated carbocycles. The van der Waals surface area contributed by atoms with Crippen molar-refractivity contribution in [3.05, 3.63) is 71.3 Å². The van der Waals surface area contributed by atoms with E-state index in [0.29, 0.717) is 28.4 Å². The Kier molecular flexibility index (Phi) is 3.81. The molecule has 7 heteroatoms. The first-order valence-electron chi connectivity index (χ1n) is 7.91. The zero-order valence-electron chi connectivity index (χ0n) is 14.0. The molecule has 2 aromatic carbocycles. The lowest BCUT2D eigenvalue weighted by Crippen LogP contribution is -2.19. The molecule has 0 spiro atoms. The van der Waals surface area contributed by atoms with Crippen molar-refractivity contribution in [1.29, 1.82) is 0 Å². The van der Waals surface area contributed by atoms with Crippen molar-refractivity contribution in [3.8, 4) is 22.8 Å². The maximum Gasteiger partial charge on any atom is 0.275 e. The summed E-state index contributed by atoms with van der Waals surface area (Å²) in [4.78, 5) is 25.5. The molecule has 0 radical (unpaired) electrons. The van der Waals surface area contributed by atoms with Crippen molar-refractivity contribution in [1.82, 2.24) is 19.5 Å². The van der Waals surface area contributed by atoms with Gasteiger partial charge in [-0.15, -0.1) is 0 Å². The number of benzene rings is 2. The van der Waals surface area contributed by atoms with Crippen LogP contribution in [-0.2, 0) is 0 Å². The van der Waals surface area contributed by atoms with E-state index in [1.807, 2.05) is 24.3 Å². The quantitative estimate of drug-likeness (QED) is 0.573. The summed E-state index contributed by atoms with van der Waals surface area (Å²) in [5.41, 5.74) is 8.52. The molecule has 128 valence electrons. The van der Waals surface area contributed by atoms with Gasteiger partial charge in [0.25, 0.3) is 5.56 Å². The minimum absolute atomic E-state index is 0.276. The monoisotopic (exact) mass is 345 g/mol. The van der Waals surface area contributed by atoms with Crippen LogP contribution in [-0.4, -0.2) is 26.6 Å². The van der Waals surface area contributed by atoms with Crippen molar-refractivity contribution in [2.75, 3.05) is 12.8 Å². The molecular weight excluding hydrogens is 330 g/mol. The normalized spacial score (nSPS) is 10.8. The molecular formula is C19H15N5O2.